The molecule has 316 valence electrons. The van der Waals surface area contributed by atoms with Crippen molar-refractivity contribution in [2.24, 2.45) is 0 Å². The average Bonchev–Trinajstić information content (AvgIpc) is 4.32. The third kappa shape index (κ3) is 6.60. The van der Waals surface area contributed by atoms with Crippen molar-refractivity contribution < 1.29 is 0 Å². The zero-order valence-corrected chi connectivity index (χ0v) is 37.2. The van der Waals surface area contributed by atoms with E-state index in [2.05, 4.69) is 187 Å². The molecule has 2 fully saturated rings. The molecule has 4 unspecified atom stereocenters. The molecular formula is C62H43N5. The van der Waals surface area contributed by atoms with E-state index in [4.69, 9.17) is 6.42 Å². The van der Waals surface area contributed by atoms with Crippen LogP contribution in [0.2, 0.25) is 0 Å². The Morgan fingerprint density at radius 2 is 0.970 bits per heavy atom. The molecule has 1 aliphatic heterocycles. The number of nitrogens with zero attached hydrogens (tertiary/aromatic N) is 5. The number of terminal acetylenes is 1. The molecule has 2 aliphatic carbocycles. The van der Waals surface area contributed by atoms with E-state index in [-0.39, 0.29) is 11.3 Å². The highest BCUT2D eigenvalue weighted by molar-refractivity contribution is 6.10. The maximum Gasteiger partial charge on any atom is 0.0992 e. The van der Waals surface area contributed by atoms with Crippen LogP contribution in [0.15, 0.2) is 170 Å². The molecular weight excluding hydrogens is 815 g/mol. The van der Waals surface area contributed by atoms with Crippen LogP contribution in [-0.4, -0.2) is 4.57 Å². The number of benzene rings is 8. The Labute approximate surface area is 391 Å². The minimum atomic E-state index is -0.331. The predicted octanol–water partition coefficient (Wildman–Crippen LogP) is 14.7. The second-order valence-corrected chi connectivity index (χ2v) is 19.0. The highest BCUT2D eigenvalue weighted by atomic mass is 15.2. The number of fused-ring (bicyclic) bond motifs is 5. The van der Waals surface area contributed by atoms with E-state index in [0.717, 1.165) is 57.8 Å². The summed E-state index contributed by atoms with van der Waals surface area (Å²) in [6.45, 7) is 4.70. The zero-order valence-electron chi connectivity index (χ0n) is 37.2. The van der Waals surface area contributed by atoms with E-state index in [1.54, 1.807) is 12.1 Å². The highest BCUT2D eigenvalue weighted by Gasteiger charge is 2.45. The maximum atomic E-state index is 9.76. The second-order valence-electron chi connectivity index (χ2n) is 19.0. The Kier molecular flexibility index (Phi) is 9.09. The summed E-state index contributed by atoms with van der Waals surface area (Å²) in [5.41, 5.74) is 18.6. The van der Waals surface area contributed by atoms with Crippen LogP contribution < -0.4 is 4.90 Å². The summed E-state index contributed by atoms with van der Waals surface area (Å²) in [6, 6.07) is 67.4. The van der Waals surface area contributed by atoms with E-state index in [1.165, 1.54) is 49.6 Å². The molecule has 5 heteroatoms. The van der Waals surface area contributed by atoms with Crippen molar-refractivity contribution in [3.8, 4) is 47.4 Å². The van der Waals surface area contributed by atoms with Gasteiger partial charge in [0.15, 0.2) is 0 Å². The summed E-state index contributed by atoms with van der Waals surface area (Å²) in [6.07, 6.45) is 7.79. The molecule has 1 aromatic heterocycles. The lowest BCUT2D eigenvalue weighted by atomic mass is 9.72. The van der Waals surface area contributed by atoms with Gasteiger partial charge in [-0.3, -0.25) is 0 Å². The molecule has 0 N–H and O–H groups in total. The van der Waals surface area contributed by atoms with E-state index in [1.807, 2.05) is 18.2 Å². The van der Waals surface area contributed by atoms with Crippen molar-refractivity contribution in [3.05, 3.63) is 225 Å². The SMILES string of the molecule is C#Cc1cc(C#N)cc(C2CC2c2ccc3c(c2)C(C)(C)c2cc(C4CC4c4cc(C#N)cc(C#N)c4)ccc2N3c2ccc(-c3ccc4c(c3)c3ccccc3n4-c3ccccc3)cc2)c1. The van der Waals surface area contributed by atoms with Gasteiger partial charge in [0.1, 0.15) is 0 Å². The number of rotatable bonds is 7. The van der Waals surface area contributed by atoms with E-state index >= 15 is 0 Å². The molecule has 8 aromatic carbocycles. The summed E-state index contributed by atoms with van der Waals surface area (Å²) < 4.78 is 2.35. The lowest BCUT2D eigenvalue weighted by Gasteiger charge is -2.42. The van der Waals surface area contributed by atoms with Gasteiger partial charge in [0.25, 0.3) is 0 Å². The van der Waals surface area contributed by atoms with Gasteiger partial charge in [0.2, 0.25) is 0 Å². The van der Waals surface area contributed by atoms with Gasteiger partial charge < -0.3 is 9.47 Å². The first-order valence-corrected chi connectivity index (χ1v) is 23.0. The number of aromatic nitrogens is 1. The fraction of sp³-hybridized carbons (Fsp3) is 0.145. The summed E-state index contributed by atoms with van der Waals surface area (Å²) in [5, 5.41) is 31.7. The van der Waals surface area contributed by atoms with Crippen molar-refractivity contribution >= 4 is 38.9 Å². The van der Waals surface area contributed by atoms with Gasteiger partial charge >= 0.3 is 0 Å². The fourth-order valence-corrected chi connectivity index (χ4v) is 11.2. The molecule has 67 heavy (non-hydrogen) atoms. The molecule has 4 atom stereocenters. The molecule has 5 nitrogen and oxygen atoms in total. The van der Waals surface area contributed by atoms with Gasteiger partial charge in [-0.2, -0.15) is 15.8 Å². The molecule has 3 aliphatic rings. The second kappa shape index (κ2) is 15.3. The van der Waals surface area contributed by atoms with Crippen LogP contribution in [0.25, 0.3) is 38.6 Å². The standard InChI is InChI=1S/C62H43N5/c1-4-38-24-39(35-63)27-46(26-38)53-33-51(53)44-17-22-60-56(31-44)62(2,3)57-32-45(52-34-54(52)47-28-40(36-64)25-41(29-47)37-65)18-23-61(57)67(60)49-19-14-42(15-20-49)43-16-21-59-55(30-43)50-12-8-9-13-58(50)66(59)48-10-6-5-7-11-48/h1,5-32,51-54H,33-34H2,2-3H3. The first-order valence-electron chi connectivity index (χ1n) is 23.0. The van der Waals surface area contributed by atoms with E-state index < -0.39 is 0 Å². The van der Waals surface area contributed by atoms with Crippen molar-refractivity contribution in [1.82, 2.24) is 4.57 Å². The van der Waals surface area contributed by atoms with Crippen LogP contribution in [-0.2, 0) is 5.41 Å². The largest absolute Gasteiger partial charge is 0.310 e. The van der Waals surface area contributed by atoms with Crippen LogP contribution in [0.4, 0.5) is 17.1 Å². The Hall–Kier alpha value is -8.61. The molecule has 0 amide bonds. The molecule has 0 radical (unpaired) electrons. The third-order valence-electron chi connectivity index (χ3n) is 14.8. The Morgan fingerprint density at radius 1 is 0.463 bits per heavy atom. The van der Waals surface area contributed by atoms with Gasteiger partial charge in [-0.15, -0.1) is 6.42 Å². The number of hydrogen-bond donors (Lipinski definition) is 0. The number of anilines is 3. The topological polar surface area (TPSA) is 79.5 Å². The van der Waals surface area contributed by atoms with Gasteiger partial charge in [0, 0.05) is 33.1 Å². The molecule has 9 aromatic rings. The van der Waals surface area contributed by atoms with Crippen molar-refractivity contribution in [3.63, 3.8) is 0 Å². The lowest BCUT2D eigenvalue weighted by molar-refractivity contribution is 0.629. The Morgan fingerprint density at radius 3 is 1.55 bits per heavy atom. The van der Waals surface area contributed by atoms with Gasteiger partial charge in [-0.1, -0.05) is 98.6 Å². The van der Waals surface area contributed by atoms with E-state index in [9.17, 15) is 15.8 Å². The van der Waals surface area contributed by atoms with Crippen LogP contribution >= 0.6 is 0 Å². The van der Waals surface area contributed by atoms with Crippen LogP contribution in [0.5, 0.6) is 0 Å². The minimum Gasteiger partial charge on any atom is -0.310 e. The highest BCUT2D eigenvalue weighted by Crippen LogP contribution is 2.60. The van der Waals surface area contributed by atoms with Crippen molar-refractivity contribution in [2.75, 3.05) is 4.90 Å². The molecule has 2 heterocycles. The molecule has 0 bridgehead atoms. The first kappa shape index (κ1) is 39.9. The zero-order chi connectivity index (χ0) is 45.6. The number of hydrogen-bond acceptors (Lipinski definition) is 4. The summed E-state index contributed by atoms with van der Waals surface area (Å²) in [5.74, 6) is 3.93. The average molecular weight is 858 g/mol. The first-order chi connectivity index (χ1) is 32.7. The smallest absolute Gasteiger partial charge is 0.0992 e. The lowest BCUT2D eigenvalue weighted by Crippen LogP contribution is -2.31. The molecule has 0 saturated heterocycles. The summed E-state index contributed by atoms with van der Waals surface area (Å²) >= 11 is 0. The van der Waals surface area contributed by atoms with E-state index in [0.29, 0.717) is 34.4 Å². The fourth-order valence-electron chi connectivity index (χ4n) is 11.2. The summed E-state index contributed by atoms with van der Waals surface area (Å²) in [4.78, 5) is 2.43. The third-order valence-corrected chi connectivity index (χ3v) is 14.8. The van der Waals surface area contributed by atoms with Crippen molar-refractivity contribution in [2.45, 2.75) is 55.8 Å². The normalized spacial score (nSPS) is 18.5. The van der Waals surface area contributed by atoms with Gasteiger partial charge in [-0.25, -0.2) is 0 Å². The molecule has 0 spiro atoms. The monoisotopic (exact) mass is 857 g/mol. The number of para-hydroxylation sites is 2. The predicted molar refractivity (Wildman–Crippen MR) is 268 cm³/mol. The molecule has 2 saturated carbocycles. The van der Waals surface area contributed by atoms with Crippen molar-refractivity contribution in [1.29, 1.82) is 15.8 Å². The Balaban J connectivity index is 0.936. The molecule has 12 rings (SSSR count). The van der Waals surface area contributed by atoms with Gasteiger partial charge in [-0.05, 0) is 172 Å². The van der Waals surface area contributed by atoms with Crippen LogP contribution in [0.3, 0.4) is 0 Å². The maximum absolute atomic E-state index is 9.76. The van der Waals surface area contributed by atoms with Crippen LogP contribution in [0, 0.1) is 46.3 Å². The van der Waals surface area contributed by atoms with Crippen LogP contribution in [0.1, 0.15) is 106 Å². The Bertz CT molecular complexity index is 3490. The quantitative estimate of drug-likeness (QED) is 0.150. The van der Waals surface area contributed by atoms with Gasteiger partial charge in [0.05, 0.1) is 57.3 Å². The number of nitriles is 3. The summed E-state index contributed by atoms with van der Waals surface area (Å²) in [7, 11) is 0. The minimum absolute atomic E-state index is 0.253.